The number of ether oxygens (including phenoxy) is 2. The molecule has 0 saturated heterocycles. The van der Waals surface area contributed by atoms with Gasteiger partial charge < -0.3 is 20.1 Å². The van der Waals surface area contributed by atoms with Crippen LogP contribution >= 0.6 is 24.8 Å². The monoisotopic (exact) mass is 676 g/mol. The van der Waals surface area contributed by atoms with Crippen molar-refractivity contribution < 1.29 is 14.3 Å². The van der Waals surface area contributed by atoms with E-state index in [0.717, 1.165) is 69.4 Å². The number of hydrogen-bond acceptors (Lipinski definition) is 4. The van der Waals surface area contributed by atoms with E-state index in [0.29, 0.717) is 6.54 Å². The average molecular weight is 678 g/mol. The van der Waals surface area contributed by atoms with Gasteiger partial charge in [-0.2, -0.15) is 0 Å². The molecule has 252 valence electrons. The zero-order valence-corrected chi connectivity index (χ0v) is 29.6. The van der Waals surface area contributed by atoms with E-state index in [1.54, 1.807) is 21.1 Å². The minimum atomic E-state index is -0.206. The van der Waals surface area contributed by atoms with Crippen LogP contribution in [0.5, 0.6) is 11.5 Å². The number of fused-ring (bicyclic) bond motifs is 1. The minimum Gasteiger partial charge on any atom is -0.493 e. The van der Waals surface area contributed by atoms with Crippen molar-refractivity contribution in [3.63, 3.8) is 0 Å². The predicted molar refractivity (Wildman–Crippen MR) is 198 cm³/mol. The second-order valence-electron chi connectivity index (χ2n) is 12.4. The van der Waals surface area contributed by atoms with Crippen LogP contribution < -0.4 is 20.1 Å². The molecule has 1 aliphatic rings. The molecule has 0 aliphatic heterocycles. The van der Waals surface area contributed by atoms with Crippen molar-refractivity contribution in [1.29, 1.82) is 0 Å². The van der Waals surface area contributed by atoms with E-state index in [9.17, 15) is 4.79 Å². The number of aryl methyl sites for hydroxylation is 1. The van der Waals surface area contributed by atoms with Gasteiger partial charge in [0.1, 0.15) is 0 Å². The van der Waals surface area contributed by atoms with Gasteiger partial charge in [0.05, 0.1) is 14.2 Å². The third-order valence-corrected chi connectivity index (χ3v) is 9.57. The first-order chi connectivity index (χ1) is 22.0. The Kier molecular flexibility index (Phi) is 14.6. The summed E-state index contributed by atoms with van der Waals surface area (Å²) in [7, 11) is 3.43. The van der Waals surface area contributed by atoms with E-state index >= 15 is 0 Å². The highest BCUT2D eigenvalue weighted by Crippen LogP contribution is 2.44. The largest absolute Gasteiger partial charge is 0.493 e. The smallest absolute Gasteiger partial charge is 0.216 e. The van der Waals surface area contributed by atoms with Gasteiger partial charge in [-0.3, -0.25) is 4.79 Å². The van der Waals surface area contributed by atoms with Crippen LogP contribution in [-0.2, 0) is 28.6 Å². The molecule has 4 aromatic rings. The van der Waals surface area contributed by atoms with Gasteiger partial charge in [-0.1, -0.05) is 91.0 Å². The van der Waals surface area contributed by atoms with Crippen LogP contribution in [0.4, 0.5) is 0 Å². The molecule has 0 heterocycles. The summed E-state index contributed by atoms with van der Waals surface area (Å²) in [6.07, 6.45) is 7.98. The van der Waals surface area contributed by atoms with Crippen molar-refractivity contribution >= 4 is 30.7 Å². The van der Waals surface area contributed by atoms with Gasteiger partial charge in [-0.15, -0.1) is 24.8 Å². The SMILES string of the molecule is COc1cc2c(cc1OC)C(Cc1ccccc1)(NCCCC(CCCNC(C)=O)(c1ccccc1)c1ccccc1)CCC2.Cl.Cl. The molecule has 5 rings (SSSR count). The number of amides is 1. The van der Waals surface area contributed by atoms with Crippen LogP contribution in [0.3, 0.4) is 0 Å². The number of halogens is 2. The Bertz CT molecular complexity index is 1480. The summed E-state index contributed by atoms with van der Waals surface area (Å²) in [5.74, 6) is 1.60. The van der Waals surface area contributed by atoms with Crippen LogP contribution in [0.15, 0.2) is 103 Å². The molecular weight excluding hydrogens is 627 g/mol. The molecule has 0 radical (unpaired) electrons. The van der Waals surface area contributed by atoms with E-state index in [1.165, 1.54) is 27.8 Å². The fourth-order valence-corrected chi connectivity index (χ4v) is 7.42. The fraction of sp³-hybridized carbons (Fsp3) is 0.375. The Morgan fingerprint density at radius 3 is 1.85 bits per heavy atom. The van der Waals surface area contributed by atoms with Gasteiger partial charge in [-0.05, 0) is 97.9 Å². The van der Waals surface area contributed by atoms with Crippen molar-refractivity contribution in [2.45, 2.75) is 69.2 Å². The van der Waals surface area contributed by atoms with Gasteiger partial charge in [0.2, 0.25) is 5.91 Å². The van der Waals surface area contributed by atoms with Crippen molar-refractivity contribution in [3.05, 3.63) is 131 Å². The van der Waals surface area contributed by atoms with E-state index in [4.69, 9.17) is 9.47 Å². The molecule has 0 bridgehead atoms. The third kappa shape index (κ3) is 9.10. The number of rotatable bonds is 15. The Morgan fingerprint density at radius 2 is 1.30 bits per heavy atom. The molecule has 1 atom stereocenters. The van der Waals surface area contributed by atoms with Gasteiger partial charge in [0, 0.05) is 24.4 Å². The molecule has 5 nitrogen and oxygen atoms in total. The van der Waals surface area contributed by atoms with E-state index in [1.807, 2.05) is 0 Å². The van der Waals surface area contributed by atoms with Crippen LogP contribution in [0.2, 0.25) is 0 Å². The molecule has 0 spiro atoms. The van der Waals surface area contributed by atoms with Crippen LogP contribution in [0.25, 0.3) is 0 Å². The Balaban J connectivity index is 0.00000300. The van der Waals surface area contributed by atoms with Crippen LogP contribution in [0, 0.1) is 0 Å². The number of nitrogens with one attached hydrogen (secondary N) is 2. The highest BCUT2D eigenvalue weighted by molar-refractivity contribution is 5.85. The van der Waals surface area contributed by atoms with Crippen molar-refractivity contribution in [3.8, 4) is 11.5 Å². The molecule has 1 unspecified atom stereocenters. The van der Waals surface area contributed by atoms with E-state index in [-0.39, 0.29) is 41.7 Å². The lowest BCUT2D eigenvalue weighted by atomic mass is 9.68. The maximum Gasteiger partial charge on any atom is 0.216 e. The Labute approximate surface area is 293 Å². The molecule has 4 aromatic carbocycles. The molecule has 0 fully saturated rings. The number of carbonyl (C=O) groups is 1. The van der Waals surface area contributed by atoms with E-state index < -0.39 is 0 Å². The highest BCUT2D eigenvalue weighted by atomic mass is 35.5. The molecule has 47 heavy (non-hydrogen) atoms. The first-order valence-electron chi connectivity index (χ1n) is 16.4. The molecule has 2 N–H and O–H groups in total. The maximum atomic E-state index is 11.7. The molecule has 1 amide bonds. The first kappa shape index (κ1) is 37.9. The lowest BCUT2D eigenvalue weighted by Crippen LogP contribution is -2.47. The summed E-state index contributed by atoms with van der Waals surface area (Å²) >= 11 is 0. The standard InChI is InChI=1S/C40H48N2O3.2ClH/c1-31(43)41-26-14-23-39(34-19-9-5-10-20-34,35-21-11-6-12-22-35)24-15-27-42-40(30-32-16-7-4-8-17-32)25-13-18-33-28-37(44-2)38(45-3)29-36(33)40;;/h4-12,16-17,19-22,28-29,42H,13-15,18,23-27,30H2,1-3H3,(H,41,43);2*1H. The minimum absolute atomic E-state index is 0. The normalized spacial score (nSPS) is 15.4. The number of carbonyl (C=O) groups excluding carboxylic acids is 1. The summed E-state index contributed by atoms with van der Waals surface area (Å²) in [6.45, 7) is 3.15. The maximum absolute atomic E-state index is 11.7. The van der Waals surface area contributed by atoms with Crippen LogP contribution in [0.1, 0.15) is 73.3 Å². The van der Waals surface area contributed by atoms with Gasteiger partial charge in [0.25, 0.3) is 0 Å². The second-order valence-corrected chi connectivity index (χ2v) is 12.4. The van der Waals surface area contributed by atoms with Crippen LogP contribution in [-0.4, -0.2) is 33.2 Å². The van der Waals surface area contributed by atoms with Crippen molar-refractivity contribution in [2.24, 2.45) is 0 Å². The molecule has 1 aliphatic carbocycles. The zero-order valence-electron chi connectivity index (χ0n) is 27.9. The van der Waals surface area contributed by atoms with Crippen molar-refractivity contribution in [2.75, 3.05) is 27.3 Å². The number of benzene rings is 4. The van der Waals surface area contributed by atoms with Gasteiger partial charge in [0.15, 0.2) is 11.5 Å². The Hall–Kier alpha value is -3.51. The average Bonchev–Trinajstić information content (AvgIpc) is 3.08. The zero-order chi connectivity index (χ0) is 31.5. The Morgan fingerprint density at radius 1 is 0.766 bits per heavy atom. The molecule has 7 heteroatoms. The van der Waals surface area contributed by atoms with Gasteiger partial charge in [-0.25, -0.2) is 0 Å². The quantitative estimate of drug-likeness (QED) is 0.124. The van der Waals surface area contributed by atoms with E-state index in [2.05, 4.69) is 114 Å². The summed E-state index contributed by atoms with van der Waals surface area (Å²) in [4.78, 5) is 11.7. The van der Waals surface area contributed by atoms with Crippen molar-refractivity contribution in [1.82, 2.24) is 10.6 Å². The fourth-order valence-electron chi connectivity index (χ4n) is 7.42. The number of methoxy groups -OCH3 is 2. The highest BCUT2D eigenvalue weighted by Gasteiger charge is 2.38. The summed E-state index contributed by atoms with van der Waals surface area (Å²) in [6, 6.07) is 37.1. The first-order valence-corrected chi connectivity index (χ1v) is 16.4. The summed E-state index contributed by atoms with van der Waals surface area (Å²) in [5.41, 5.74) is 6.29. The number of hydrogen-bond donors (Lipinski definition) is 2. The lowest BCUT2D eigenvalue weighted by Gasteiger charge is -2.42. The lowest BCUT2D eigenvalue weighted by molar-refractivity contribution is -0.118. The topological polar surface area (TPSA) is 59.6 Å². The van der Waals surface area contributed by atoms with Gasteiger partial charge >= 0.3 is 0 Å². The molecule has 0 aromatic heterocycles. The second kappa shape index (κ2) is 18.1. The molecule has 0 saturated carbocycles. The predicted octanol–water partition coefficient (Wildman–Crippen LogP) is 8.59. The molecular formula is C40H50Cl2N2O3. The summed E-state index contributed by atoms with van der Waals surface area (Å²) in [5, 5.41) is 7.15. The summed E-state index contributed by atoms with van der Waals surface area (Å²) < 4.78 is 11.5. The third-order valence-electron chi connectivity index (χ3n) is 9.57.